The van der Waals surface area contributed by atoms with E-state index in [1.54, 1.807) is 35.4 Å². The number of aromatic nitrogens is 3. The zero-order chi connectivity index (χ0) is 27.1. The first-order chi connectivity index (χ1) is 18.4. The average molecular weight is 514 g/mol. The molecule has 11 nitrogen and oxygen atoms in total. The van der Waals surface area contributed by atoms with E-state index in [0.717, 1.165) is 17.3 Å². The average Bonchev–Trinajstić information content (AvgIpc) is 3.37. The summed E-state index contributed by atoms with van der Waals surface area (Å²) in [4.78, 5) is 39.8. The van der Waals surface area contributed by atoms with Gasteiger partial charge in [0.1, 0.15) is 11.4 Å². The number of esters is 1. The number of methoxy groups -OCH3 is 1. The first kappa shape index (κ1) is 25.8. The molecule has 4 aromatic rings. The number of para-hydroxylation sites is 1. The highest BCUT2D eigenvalue weighted by atomic mass is 16.6. The van der Waals surface area contributed by atoms with Crippen LogP contribution in [0.2, 0.25) is 0 Å². The first-order valence-electron chi connectivity index (χ1n) is 11.4. The van der Waals surface area contributed by atoms with E-state index >= 15 is 0 Å². The lowest BCUT2D eigenvalue weighted by molar-refractivity contribution is -0.384. The van der Waals surface area contributed by atoms with Crippen molar-refractivity contribution >= 4 is 29.3 Å². The van der Waals surface area contributed by atoms with Crippen molar-refractivity contribution in [3.63, 3.8) is 0 Å². The van der Waals surface area contributed by atoms with E-state index in [1.807, 2.05) is 36.4 Å². The summed E-state index contributed by atoms with van der Waals surface area (Å²) < 4.78 is 12.1. The van der Waals surface area contributed by atoms with E-state index in [2.05, 4.69) is 15.4 Å². The Morgan fingerprint density at radius 3 is 2.61 bits per heavy atom. The normalized spacial score (nSPS) is 11.6. The SMILES string of the molecule is COc1ccc([N+](=O)[O-])cc1NC(=O)C(C)OC(=O)C=Cc1cn(-c2ccccc2)nc1-c1cccnc1. The summed E-state index contributed by atoms with van der Waals surface area (Å²) in [6.45, 7) is 1.39. The van der Waals surface area contributed by atoms with Gasteiger partial charge in [0.05, 0.1) is 23.4 Å². The first-order valence-corrected chi connectivity index (χ1v) is 11.4. The summed E-state index contributed by atoms with van der Waals surface area (Å²) in [6.07, 6.45) is 6.64. The maximum absolute atomic E-state index is 12.6. The van der Waals surface area contributed by atoms with Gasteiger partial charge in [-0.2, -0.15) is 5.10 Å². The second kappa shape index (κ2) is 11.6. The third-order valence-electron chi connectivity index (χ3n) is 5.41. The minimum Gasteiger partial charge on any atom is -0.495 e. The lowest BCUT2D eigenvalue weighted by atomic mass is 10.1. The predicted octanol–water partition coefficient (Wildman–Crippen LogP) is 4.43. The highest BCUT2D eigenvalue weighted by Crippen LogP contribution is 2.29. The van der Waals surface area contributed by atoms with E-state index in [1.165, 1.54) is 32.2 Å². The molecular weight excluding hydrogens is 490 g/mol. The topological polar surface area (TPSA) is 138 Å². The third kappa shape index (κ3) is 6.08. The van der Waals surface area contributed by atoms with Crippen LogP contribution in [0.25, 0.3) is 23.0 Å². The van der Waals surface area contributed by atoms with Crippen LogP contribution in [0.1, 0.15) is 12.5 Å². The number of hydrogen-bond acceptors (Lipinski definition) is 8. The summed E-state index contributed by atoms with van der Waals surface area (Å²) in [7, 11) is 1.37. The Hall–Kier alpha value is -5.32. The van der Waals surface area contributed by atoms with Gasteiger partial charge in [-0.05, 0) is 43.3 Å². The summed E-state index contributed by atoms with van der Waals surface area (Å²) in [5.41, 5.74) is 2.69. The highest BCUT2D eigenvalue weighted by molar-refractivity contribution is 5.98. The van der Waals surface area contributed by atoms with Crippen molar-refractivity contribution in [2.45, 2.75) is 13.0 Å². The van der Waals surface area contributed by atoms with Crippen molar-refractivity contribution < 1.29 is 24.0 Å². The Labute approximate surface area is 217 Å². The van der Waals surface area contributed by atoms with Crippen LogP contribution in [0.4, 0.5) is 11.4 Å². The van der Waals surface area contributed by atoms with Gasteiger partial charge in [-0.15, -0.1) is 0 Å². The van der Waals surface area contributed by atoms with Crippen LogP contribution in [0, 0.1) is 10.1 Å². The van der Waals surface area contributed by atoms with Crippen LogP contribution in [0.5, 0.6) is 5.75 Å². The third-order valence-corrected chi connectivity index (χ3v) is 5.41. The minimum atomic E-state index is -1.19. The second-order valence-corrected chi connectivity index (χ2v) is 8.00. The summed E-state index contributed by atoms with van der Waals surface area (Å²) in [6, 6.07) is 16.9. The van der Waals surface area contributed by atoms with E-state index in [4.69, 9.17) is 9.47 Å². The fraction of sp³-hybridized carbons (Fsp3) is 0.111. The van der Waals surface area contributed by atoms with Crippen LogP contribution in [0.3, 0.4) is 0 Å². The molecule has 38 heavy (non-hydrogen) atoms. The van der Waals surface area contributed by atoms with Crippen LogP contribution < -0.4 is 10.1 Å². The number of amides is 1. The van der Waals surface area contributed by atoms with Gasteiger partial charge in [0.15, 0.2) is 6.10 Å². The summed E-state index contributed by atoms with van der Waals surface area (Å²) in [5.74, 6) is -1.22. The zero-order valence-electron chi connectivity index (χ0n) is 20.5. The Morgan fingerprint density at radius 2 is 1.92 bits per heavy atom. The van der Waals surface area contributed by atoms with E-state index in [0.29, 0.717) is 11.3 Å². The largest absolute Gasteiger partial charge is 0.495 e. The maximum atomic E-state index is 12.6. The molecule has 4 rings (SSSR count). The number of nitro benzene ring substituents is 1. The fourth-order valence-electron chi connectivity index (χ4n) is 3.52. The molecule has 0 aliphatic rings. The molecule has 11 heteroatoms. The van der Waals surface area contributed by atoms with Crippen molar-refractivity contribution in [1.29, 1.82) is 0 Å². The number of pyridine rings is 1. The van der Waals surface area contributed by atoms with Crippen molar-refractivity contribution in [2.75, 3.05) is 12.4 Å². The number of carbonyl (C=O) groups excluding carboxylic acids is 2. The minimum absolute atomic E-state index is 0.0829. The highest BCUT2D eigenvalue weighted by Gasteiger charge is 2.20. The molecule has 0 saturated carbocycles. The maximum Gasteiger partial charge on any atom is 0.331 e. The summed E-state index contributed by atoms with van der Waals surface area (Å²) >= 11 is 0. The van der Waals surface area contributed by atoms with Gasteiger partial charge in [0.2, 0.25) is 0 Å². The molecule has 0 fully saturated rings. The zero-order valence-corrected chi connectivity index (χ0v) is 20.5. The molecule has 0 saturated heterocycles. The molecule has 2 heterocycles. The van der Waals surface area contributed by atoms with Crippen LogP contribution in [-0.4, -0.2) is 44.8 Å². The number of hydrogen-bond donors (Lipinski definition) is 1. The molecule has 0 bridgehead atoms. The number of benzene rings is 2. The predicted molar refractivity (Wildman–Crippen MR) is 140 cm³/mol. The molecule has 2 aromatic carbocycles. The van der Waals surface area contributed by atoms with Gasteiger partial charge < -0.3 is 14.8 Å². The Morgan fingerprint density at radius 1 is 1.13 bits per heavy atom. The number of nitrogens with one attached hydrogen (secondary N) is 1. The molecule has 192 valence electrons. The van der Waals surface area contributed by atoms with Crippen LogP contribution >= 0.6 is 0 Å². The van der Waals surface area contributed by atoms with E-state index < -0.39 is 22.9 Å². The molecule has 0 radical (unpaired) electrons. The standard InChI is InChI=1S/C27H23N5O6/c1-18(27(34)29-23-15-22(32(35)36)11-12-24(23)37-2)38-25(33)13-10-20-17-31(21-8-4-3-5-9-21)30-26(20)19-7-6-14-28-16-19/h3-18H,1-2H3,(H,29,34). The molecule has 1 unspecified atom stereocenters. The van der Waals surface area contributed by atoms with Crippen molar-refractivity contribution in [3.05, 3.63) is 101 Å². The van der Waals surface area contributed by atoms with E-state index in [9.17, 15) is 19.7 Å². The van der Waals surface area contributed by atoms with Gasteiger partial charge in [-0.1, -0.05) is 18.2 Å². The van der Waals surface area contributed by atoms with Crippen molar-refractivity contribution in [2.24, 2.45) is 0 Å². The summed E-state index contributed by atoms with van der Waals surface area (Å²) in [5, 5.41) is 18.2. The number of nitro groups is 1. The molecule has 2 aromatic heterocycles. The number of ether oxygens (including phenoxy) is 2. The monoisotopic (exact) mass is 513 g/mol. The smallest absolute Gasteiger partial charge is 0.331 e. The van der Waals surface area contributed by atoms with Crippen molar-refractivity contribution in [3.8, 4) is 22.7 Å². The Bertz CT molecular complexity index is 1480. The van der Waals surface area contributed by atoms with Crippen LogP contribution in [-0.2, 0) is 14.3 Å². The van der Waals surface area contributed by atoms with Crippen LogP contribution in [0.15, 0.2) is 85.3 Å². The van der Waals surface area contributed by atoms with Gasteiger partial charge in [-0.25, -0.2) is 9.48 Å². The molecule has 0 aliphatic heterocycles. The lowest BCUT2D eigenvalue weighted by Gasteiger charge is -2.14. The van der Waals surface area contributed by atoms with Gasteiger partial charge in [0, 0.05) is 47.9 Å². The quantitative estimate of drug-likeness (QED) is 0.150. The Balaban J connectivity index is 1.49. The molecule has 0 spiro atoms. The second-order valence-electron chi connectivity index (χ2n) is 8.00. The van der Waals surface area contributed by atoms with Crippen molar-refractivity contribution in [1.82, 2.24) is 14.8 Å². The Kier molecular flexibility index (Phi) is 7.87. The molecular formula is C27H23N5O6. The number of rotatable bonds is 9. The van der Waals surface area contributed by atoms with Gasteiger partial charge in [-0.3, -0.25) is 19.9 Å². The number of anilines is 1. The number of carbonyl (C=O) groups is 2. The lowest BCUT2D eigenvalue weighted by Crippen LogP contribution is -2.29. The molecule has 1 amide bonds. The fourth-order valence-corrected chi connectivity index (χ4v) is 3.52. The molecule has 1 N–H and O–H groups in total. The molecule has 0 aliphatic carbocycles. The van der Waals surface area contributed by atoms with Gasteiger partial charge >= 0.3 is 5.97 Å². The van der Waals surface area contributed by atoms with E-state index in [-0.39, 0.29) is 17.1 Å². The van der Waals surface area contributed by atoms with Gasteiger partial charge in [0.25, 0.3) is 11.6 Å². The molecule has 1 atom stereocenters. The number of non-ortho nitro benzene ring substituents is 1. The number of nitrogens with zero attached hydrogens (tertiary/aromatic N) is 4.